The molecule has 2 aromatic rings. The molecule has 1 amide bonds. The number of carbonyl (C=O) groups is 2. The first-order valence-corrected chi connectivity index (χ1v) is 11.1. The van der Waals surface area contributed by atoms with Gasteiger partial charge in [-0.25, -0.2) is 14.6 Å². The van der Waals surface area contributed by atoms with Gasteiger partial charge in [0.1, 0.15) is 11.8 Å². The van der Waals surface area contributed by atoms with E-state index in [1.165, 1.54) is 11.8 Å². The van der Waals surface area contributed by atoms with E-state index in [4.69, 9.17) is 4.74 Å². The molecule has 2 aliphatic rings. The van der Waals surface area contributed by atoms with Gasteiger partial charge in [-0.3, -0.25) is 9.69 Å². The van der Waals surface area contributed by atoms with Crippen LogP contribution in [0.25, 0.3) is 16.7 Å². The topological polar surface area (TPSA) is 79.8 Å². The van der Waals surface area contributed by atoms with Crippen LogP contribution in [0.5, 0.6) is 0 Å². The molecule has 0 atom stereocenters. The molecule has 7 nitrogen and oxygen atoms in total. The third-order valence-electron chi connectivity index (χ3n) is 6.19. The fourth-order valence-electron chi connectivity index (χ4n) is 4.29. The van der Waals surface area contributed by atoms with Gasteiger partial charge in [0.2, 0.25) is 5.91 Å². The van der Waals surface area contributed by atoms with Gasteiger partial charge >= 0.3 is 5.97 Å². The number of aryl methyl sites for hydroxylation is 1. The van der Waals surface area contributed by atoms with E-state index in [1.54, 1.807) is 26.4 Å². The Morgan fingerprint density at radius 2 is 1.94 bits per heavy atom. The smallest absolute Gasteiger partial charge is 0.341 e. The van der Waals surface area contributed by atoms with Crippen molar-refractivity contribution in [3.8, 4) is 11.1 Å². The lowest BCUT2D eigenvalue weighted by Crippen LogP contribution is -2.28. The molecule has 1 aliphatic carbocycles. The number of benzene rings is 1. The quantitative estimate of drug-likeness (QED) is 0.511. The van der Waals surface area contributed by atoms with Crippen molar-refractivity contribution < 1.29 is 19.1 Å². The summed E-state index contributed by atoms with van der Waals surface area (Å²) >= 11 is 0. The molecule has 33 heavy (non-hydrogen) atoms. The lowest BCUT2D eigenvalue weighted by atomic mass is 9.88. The van der Waals surface area contributed by atoms with Gasteiger partial charge in [0, 0.05) is 43.5 Å². The van der Waals surface area contributed by atoms with Crippen LogP contribution in [-0.2, 0) is 19.1 Å². The molecule has 0 unspecified atom stereocenters. The summed E-state index contributed by atoms with van der Waals surface area (Å²) in [6.45, 7) is 7.42. The highest BCUT2D eigenvalue weighted by atomic mass is 16.5. The van der Waals surface area contributed by atoms with E-state index in [2.05, 4.69) is 9.88 Å². The predicted molar refractivity (Wildman–Crippen MR) is 128 cm³/mol. The van der Waals surface area contributed by atoms with Crippen molar-refractivity contribution in [3.05, 3.63) is 52.9 Å². The zero-order valence-corrected chi connectivity index (χ0v) is 19.6. The Morgan fingerprint density at radius 3 is 2.52 bits per heavy atom. The SMILES string of the molecule is CCOC(=O)C1=CN(C2CC2)c2c(ccc(-c3cnc(N(C)C(C)=O)c(C)c3)c2C)C1=C=O. The molecule has 0 bridgehead atoms. The first-order chi connectivity index (χ1) is 15.8. The second-order valence-corrected chi connectivity index (χ2v) is 8.46. The van der Waals surface area contributed by atoms with E-state index in [0.717, 1.165) is 40.8 Å². The van der Waals surface area contributed by atoms with E-state index in [9.17, 15) is 14.4 Å². The van der Waals surface area contributed by atoms with E-state index in [1.807, 2.05) is 38.0 Å². The fourth-order valence-corrected chi connectivity index (χ4v) is 4.29. The molecule has 170 valence electrons. The van der Waals surface area contributed by atoms with Crippen molar-refractivity contribution in [3.63, 3.8) is 0 Å². The number of fused-ring (bicyclic) bond motifs is 1. The number of hydrogen-bond donors (Lipinski definition) is 0. The Labute approximate surface area is 193 Å². The number of hydrogen-bond acceptors (Lipinski definition) is 6. The van der Waals surface area contributed by atoms with E-state index < -0.39 is 5.97 Å². The molecular formula is C26H27N3O4. The van der Waals surface area contributed by atoms with Gasteiger partial charge in [-0.05, 0) is 56.4 Å². The number of ether oxygens (including phenoxy) is 1. The molecule has 0 spiro atoms. The number of aromatic nitrogens is 1. The van der Waals surface area contributed by atoms with E-state index >= 15 is 0 Å². The molecule has 4 rings (SSSR count). The number of anilines is 2. The van der Waals surface area contributed by atoms with Crippen LogP contribution >= 0.6 is 0 Å². The lowest BCUT2D eigenvalue weighted by molar-refractivity contribution is -0.138. The van der Waals surface area contributed by atoms with Crippen LogP contribution in [0.4, 0.5) is 11.5 Å². The van der Waals surface area contributed by atoms with Gasteiger partial charge in [0.25, 0.3) is 0 Å². The third-order valence-corrected chi connectivity index (χ3v) is 6.19. The van der Waals surface area contributed by atoms with Crippen LogP contribution in [0.1, 0.15) is 43.4 Å². The minimum absolute atomic E-state index is 0.0826. The number of amides is 1. The minimum atomic E-state index is -0.515. The van der Waals surface area contributed by atoms with Crippen LogP contribution in [-0.4, -0.2) is 42.5 Å². The first kappa shape index (κ1) is 22.5. The molecule has 7 heteroatoms. The molecular weight excluding hydrogens is 418 g/mol. The number of nitrogens with zero attached hydrogens (tertiary/aromatic N) is 3. The highest BCUT2D eigenvalue weighted by Gasteiger charge is 2.37. The van der Waals surface area contributed by atoms with Crippen LogP contribution < -0.4 is 9.80 Å². The second kappa shape index (κ2) is 8.68. The maximum absolute atomic E-state index is 12.6. The van der Waals surface area contributed by atoms with Crippen molar-refractivity contribution in [1.82, 2.24) is 4.98 Å². The first-order valence-electron chi connectivity index (χ1n) is 11.1. The van der Waals surface area contributed by atoms with Crippen LogP contribution in [0.15, 0.2) is 36.2 Å². The fraction of sp³-hybridized carbons (Fsp3) is 0.346. The number of pyridine rings is 1. The number of rotatable bonds is 5. The summed E-state index contributed by atoms with van der Waals surface area (Å²) < 4.78 is 5.19. The van der Waals surface area contributed by atoms with Crippen molar-refractivity contribution in [2.75, 3.05) is 23.5 Å². The average molecular weight is 446 g/mol. The van der Waals surface area contributed by atoms with Crippen molar-refractivity contribution in [1.29, 1.82) is 0 Å². The van der Waals surface area contributed by atoms with E-state index in [0.29, 0.717) is 11.4 Å². The summed E-state index contributed by atoms with van der Waals surface area (Å²) in [5.41, 5.74) is 5.83. The van der Waals surface area contributed by atoms with Crippen molar-refractivity contribution in [2.45, 2.75) is 46.6 Å². The Morgan fingerprint density at radius 1 is 1.24 bits per heavy atom. The minimum Gasteiger partial charge on any atom is -0.462 e. The molecule has 1 saturated carbocycles. The highest BCUT2D eigenvalue weighted by molar-refractivity contribution is 6.17. The molecule has 1 aromatic heterocycles. The Bertz CT molecular complexity index is 1240. The summed E-state index contributed by atoms with van der Waals surface area (Å²) in [6, 6.07) is 6.10. The monoisotopic (exact) mass is 445 g/mol. The standard InChI is InChI=1S/C26H27N3O4/c1-6-33-26(32)22-13-29(19-7-8-19)24-16(3)20(9-10-21(24)23(22)14-30)18-11-15(2)25(27-12-18)28(5)17(4)31/h9-13,19H,6-8H2,1-5H3. The highest BCUT2D eigenvalue weighted by Crippen LogP contribution is 2.46. The number of carbonyl (C=O) groups excluding carboxylic acids is 3. The summed E-state index contributed by atoms with van der Waals surface area (Å²) in [6.07, 6.45) is 5.53. The van der Waals surface area contributed by atoms with Gasteiger partial charge in [-0.2, -0.15) is 0 Å². The molecule has 0 saturated heterocycles. The summed E-state index contributed by atoms with van der Waals surface area (Å²) in [4.78, 5) is 44.4. The molecule has 0 radical (unpaired) electrons. The molecule has 1 fully saturated rings. The Kier molecular flexibility index (Phi) is 5.91. The maximum Gasteiger partial charge on any atom is 0.341 e. The number of esters is 1. The van der Waals surface area contributed by atoms with Crippen LogP contribution in [0.3, 0.4) is 0 Å². The van der Waals surface area contributed by atoms with Gasteiger partial charge < -0.3 is 9.64 Å². The van der Waals surface area contributed by atoms with Gasteiger partial charge in [0.15, 0.2) is 0 Å². The molecule has 0 N–H and O–H groups in total. The lowest BCUT2D eigenvalue weighted by Gasteiger charge is -2.32. The zero-order valence-electron chi connectivity index (χ0n) is 19.6. The van der Waals surface area contributed by atoms with Crippen LogP contribution in [0.2, 0.25) is 0 Å². The molecule has 1 aromatic carbocycles. The summed E-state index contributed by atoms with van der Waals surface area (Å²) in [7, 11) is 1.70. The Balaban J connectivity index is 1.83. The van der Waals surface area contributed by atoms with Crippen molar-refractivity contribution in [2.24, 2.45) is 0 Å². The maximum atomic E-state index is 12.6. The predicted octanol–water partition coefficient (Wildman–Crippen LogP) is 3.99. The average Bonchev–Trinajstić information content (AvgIpc) is 3.63. The normalized spacial score (nSPS) is 14.9. The molecule has 1 aliphatic heterocycles. The van der Waals surface area contributed by atoms with Gasteiger partial charge in [-0.15, -0.1) is 0 Å². The molecule has 2 heterocycles. The summed E-state index contributed by atoms with van der Waals surface area (Å²) in [5, 5.41) is 0. The van der Waals surface area contributed by atoms with Crippen molar-refractivity contribution >= 4 is 34.9 Å². The second-order valence-electron chi connectivity index (χ2n) is 8.46. The summed E-state index contributed by atoms with van der Waals surface area (Å²) in [5.74, 6) is 2.00. The van der Waals surface area contributed by atoms with E-state index in [-0.39, 0.29) is 29.7 Å². The largest absolute Gasteiger partial charge is 0.462 e. The third kappa shape index (κ3) is 3.96. The van der Waals surface area contributed by atoms with Gasteiger partial charge in [0.05, 0.1) is 23.4 Å². The Hall–Kier alpha value is -3.70. The zero-order chi connectivity index (χ0) is 23.9. The van der Waals surface area contributed by atoms with Gasteiger partial charge in [-0.1, -0.05) is 12.1 Å². The van der Waals surface area contributed by atoms with Crippen LogP contribution in [0, 0.1) is 13.8 Å².